The molecule has 1 atom stereocenters. The lowest BCUT2D eigenvalue weighted by molar-refractivity contribution is 0.493. The van der Waals surface area contributed by atoms with Crippen molar-refractivity contribution in [3.8, 4) is 6.07 Å². The molecule has 5 nitrogen and oxygen atoms in total. The van der Waals surface area contributed by atoms with Crippen LogP contribution in [-0.4, -0.2) is 32.4 Å². The smallest absolute Gasteiger partial charge is 0.195 e. The molecule has 0 saturated heterocycles. The van der Waals surface area contributed by atoms with Crippen molar-refractivity contribution >= 4 is 17.4 Å². The summed E-state index contributed by atoms with van der Waals surface area (Å²) in [6.07, 6.45) is 2.94. The molecule has 0 fully saturated rings. The van der Waals surface area contributed by atoms with Crippen LogP contribution >= 0.6 is 11.8 Å². The molecule has 0 saturated carbocycles. The molecule has 2 heterocycles. The third-order valence-corrected chi connectivity index (χ3v) is 4.04. The van der Waals surface area contributed by atoms with Crippen LogP contribution in [0.5, 0.6) is 0 Å². The van der Waals surface area contributed by atoms with Gasteiger partial charge in [0, 0.05) is 11.9 Å². The number of nitriles is 1. The van der Waals surface area contributed by atoms with Crippen LogP contribution < -0.4 is 5.32 Å². The topological polar surface area (TPSA) is 66.0 Å². The quantitative estimate of drug-likeness (QED) is 0.818. The number of hydrogen-bond acceptors (Lipinski definition) is 5. The van der Waals surface area contributed by atoms with Crippen molar-refractivity contribution in [3.05, 3.63) is 24.4 Å². The van der Waals surface area contributed by atoms with E-state index >= 15 is 0 Å². The van der Waals surface area contributed by atoms with Crippen LogP contribution in [0.15, 0.2) is 29.6 Å². The van der Waals surface area contributed by atoms with Gasteiger partial charge >= 0.3 is 0 Å². The lowest BCUT2D eigenvalue weighted by atomic mass is 10.1. The summed E-state index contributed by atoms with van der Waals surface area (Å²) in [5.41, 5.74) is 0.284. The zero-order valence-electron chi connectivity index (χ0n) is 11.1. The molecular weight excluding hydrogens is 258 g/mol. The molecule has 0 bridgehead atoms. The standard InChI is InChI=1S/C13H17N5S/c1-3-7-15-13(2,9-14)10-19-12-17-16-11-6-4-5-8-18(11)12/h4-6,8,15H,3,7,10H2,1-2H3. The van der Waals surface area contributed by atoms with Gasteiger partial charge < -0.3 is 0 Å². The highest BCUT2D eigenvalue weighted by atomic mass is 32.2. The summed E-state index contributed by atoms with van der Waals surface area (Å²) in [6.45, 7) is 4.84. The van der Waals surface area contributed by atoms with E-state index in [0.717, 1.165) is 23.8 Å². The summed E-state index contributed by atoms with van der Waals surface area (Å²) in [5, 5.41) is 21.6. The highest BCUT2D eigenvalue weighted by molar-refractivity contribution is 7.99. The monoisotopic (exact) mass is 275 g/mol. The summed E-state index contributed by atoms with van der Waals surface area (Å²) >= 11 is 1.54. The molecule has 0 aliphatic rings. The van der Waals surface area contributed by atoms with E-state index in [0.29, 0.717) is 5.75 Å². The minimum atomic E-state index is -0.540. The molecule has 0 amide bonds. The van der Waals surface area contributed by atoms with E-state index in [9.17, 15) is 5.26 Å². The van der Waals surface area contributed by atoms with Crippen LogP contribution in [0.2, 0.25) is 0 Å². The van der Waals surface area contributed by atoms with Crippen LogP contribution in [0.4, 0.5) is 0 Å². The van der Waals surface area contributed by atoms with Crippen LogP contribution in [0, 0.1) is 11.3 Å². The maximum absolute atomic E-state index is 9.29. The van der Waals surface area contributed by atoms with Crippen molar-refractivity contribution in [1.82, 2.24) is 19.9 Å². The molecule has 2 rings (SSSR count). The summed E-state index contributed by atoms with van der Waals surface area (Å²) in [5.74, 6) is 0.638. The third kappa shape index (κ3) is 3.25. The van der Waals surface area contributed by atoms with Crippen LogP contribution in [0.25, 0.3) is 5.65 Å². The Kier molecular flexibility index (Phi) is 4.40. The lowest BCUT2D eigenvalue weighted by Crippen LogP contribution is -2.43. The van der Waals surface area contributed by atoms with E-state index in [1.165, 1.54) is 0 Å². The molecule has 0 radical (unpaired) electrons. The van der Waals surface area contributed by atoms with Gasteiger partial charge in [0.1, 0.15) is 5.54 Å². The predicted octanol–water partition coefficient (Wildman–Crippen LogP) is 2.10. The minimum absolute atomic E-state index is 0.540. The Balaban J connectivity index is 2.07. The van der Waals surface area contributed by atoms with Crippen LogP contribution in [0.1, 0.15) is 20.3 Å². The molecule has 0 aromatic carbocycles. The number of hydrogen-bond donors (Lipinski definition) is 1. The van der Waals surface area contributed by atoms with Gasteiger partial charge in [-0.05, 0) is 32.0 Å². The summed E-state index contributed by atoms with van der Waals surface area (Å²) in [7, 11) is 0. The average molecular weight is 275 g/mol. The van der Waals surface area contributed by atoms with Crippen molar-refractivity contribution in [2.45, 2.75) is 31.0 Å². The summed E-state index contributed by atoms with van der Waals surface area (Å²) in [4.78, 5) is 0. The highest BCUT2D eigenvalue weighted by Crippen LogP contribution is 2.21. The predicted molar refractivity (Wildman–Crippen MR) is 76.0 cm³/mol. The van der Waals surface area contributed by atoms with E-state index in [2.05, 4.69) is 28.5 Å². The SMILES string of the molecule is CCCNC(C)(C#N)CSc1nnc2ccccn12. The Hall–Kier alpha value is -1.58. The van der Waals surface area contributed by atoms with E-state index < -0.39 is 5.54 Å². The maximum Gasteiger partial charge on any atom is 0.195 e. The van der Waals surface area contributed by atoms with Gasteiger partial charge in [-0.2, -0.15) is 5.26 Å². The first-order valence-corrected chi connectivity index (χ1v) is 7.26. The molecule has 100 valence electrons. The molecule has 19 heavy (non-hydrogen) atoms. The van der Waals surface area contributed by atoms with Crippen LogP contribution in [0.3, 0.4) is 0 Å². The number of nitrogens with one attached hydrogen (secondary N) is 1. The molecule has 6 heteroatoms. The van der Waals surface area contributed by atoms with Gasteiger partial charge in [-0.3, -0.25) is 9.72 Å². The van der Waals surface area contributed by atoms with Crippen molar-refractivity contribution in [2.75, 3.05) is 12.3 Å². The fraction of sp³-hybridized carbons (Fsp3) is 0.462. The number of aromatic nitrogens is 3. The Morgan fingerprint density at radius 3 is 3.05 bits per heavy atom. The summed E-state index contributed by atoms with van der Waals surface area (Å²) < 4.78 is 1.93. The normalized spacial score (nSPS) is 14.2. The molecular formula is C13H17N5S. The second kappa shape index (κ2) is 6.04. The van der Waals surface area contributed by atoms with E-state index in [1.807, 2.05) is 35.7 Å². The van der Waals surface area contributed by atoms with Gasteiger partial charge in [0.2, 0.25) is 0 Å². The minimum Gasteiger partial charge on any atom is -0.299 e. The first-order valence-electron chi connectivity index (χ1n) is 6.27. The lowest BCUT2D eigenvalue weighted by Gasteiger charge is -2.21. The zero-order chi connectivity index (χ0) is 13.7. The summed E-state index contributed by atoms with van der Waals surface area (Å²) in [6, 6.07) is 8.12. The molecule has 0 aliphatic heterocycles. The fourth-order valence-corrected chi connectivity index (χ4v) is 2.63. The molecule has 2 aromatic rings. The van der Waals surface area contributed by atoms with Crippen molar-refractivity contribution in [3.63, 3.8) is 0 Å². The fourth-order valence-electron chi connectivity index (χ4n) is 1.65. The number of pyridine rings is 1. The molecule has 0 aliphatic carbocycles. The van der Waals surface area contributed by atoms with Crippen molar-refractivity contribution in [1.29, 1.82) is 5.26 Å². The number of rotatable bonds is 6. The Morgan fingerprint density at radius 1 is 1.47 bits per heavy atom. The van der Waals surface area contributed by atoms with Gasteiger partial charge in [-0.15, -0.1) is 10.2 Å². The molecule has 1 unspecified atom stereocenters. The Bertz CT molecular complexity index is 588. The Labute approximate surface area is 117 Å². The molecule has 1 N–H and O–H groups in total. The molecule has 2 aromatic heterocycles. The third-order valence-electron chi connectivity index (χ3n) is 2.78. The van der Waals surface area contributed by atoms with Crippen molar-refractivity contribution in [2.24, 2.45) is 0 Å². The average Bonchev–Trinajstić information content (AvgIpc) is 2.86. The Morgan fingerprint density at radius 2 is 2.32 bits per heavy atom. The van der Waals surface area contributed by atoms with Gasteiger partial charge in [0.25, 0.3) is 0 Å². The zero-order valence-corrected chi connectivity index (χ0v) is 11.9. The second-order valence-electron chi connectivity index (χ2n) is 4.57. The largest absolute Gasteiger partial charge is 0.299 e. The molecule has 0 spiro atoms. The first-order chi connectivity index (χ1) is 9.18. The number of fused-ring (bicyclic) bond motifs is 1. The van der Waals surface area contributed by atoms with E-state index in [-0.39, 0.29) is 0 Å². The van der Waals surface area contributed by atoms with Crippen LogP contribution in [-0.2, 0) is 0 Å². The first kappa shape index (κ1) is 13.8. The van der Waals surface area contributed by atoms with Gasteiger partial charge in [0.05, 0.1) is 6.07 Å². The number of thioether (sulfide) groups is 1. The van der Waals surface area contributed by atoms with Gasteiger partial charge in [0.15, 0.2) is 10.8 Å². The van der Waals surface area contributed by atoms with Gasteiger partial charge in [-0.1, -0.05) is 24.8 Å². The van der Waals surface area contributed by atoms with E-state index in [4.69, 9.17) is 0 Å². The number of nitrogens with zero attached hydrogens (tertiary/aromatic N) is 4. The highest BCUT2D eigenvalue weighted by Gasteiger charge is 2.24. The van der Waals surface area contributed by atoms with E-state index in [1.54, 1.807) is 11.8 Å². The second-order valence-corrected chi connectivity index (χ2v) is 5.51. The van der Waals surface area contributed by atoms with Crippen molar-refractivity contribution < 1.29 is 0 Å². The maximum atomic E-state index is 9.29. The van der Waals surface area contributed by atoms with Gasteiger partial charge in [-0.25, -0.2) is 0 Å².